The number of unbranched alkanes of at least 4 members (excludes halogenated alkanes) is 19. The van der Waals surface area contributed by atoms with E-state index < -0.39 is 0 Å². The van der Waals surface area contributed by atoms with Crippen LogP contribution in [0.1, 0.15) is 160 Å². The topological polar surface area (TPSA) is 76.3 Å². The predicted octanol–water partition coefficient (Wildman–Crippen LogP) is 15.1. The van der Waals surface area contributed by atoms with Crippen molar-refractivity contribution in [3.63, 3.8) is 0 Å². The van der Waals surface area contributed by atoms with Crippen LogP contribution in [0, 0.1) is 0 Å². The molecule has 0 spiro atoms. The zero-order valence-corrected chi connectivity index (χ0v) is 35.3. The van der Waals surface area contributed by atoms with Crippen molar-refractivity contribution >= 4 is 46.1 Å². The Labute approximate surface area is 343 Å². The summed E-state index contributed by atoms with van der Waals surface area (Å²) >= 11 is 9.24. The van der Waals surface area contributed by atoms with Crippen molar-refractivity contribution in [1.29, 1.82) is 0 Å². The highest BCUT2D eigenvalue weighted by atomic mass is 32.1. The number of aromatic nitrogens is 4. The Hall–Kier alpha value is -3.80. The Bertz CT molecular complexity index is 1640. The zero-order chi connectivity index (χ0) is 39.0. The summed E-state index contributed by atoms with van der Waals surface area (Å²) in [5, 5.41) is 4.75. The molecule has 0 atom stereocenters. The molecule has 294 valence electrons. The zero-order valence-electron chi connectivity index (χ0n) is 33.7. The Morgan fingerprint density at radius 1 is 0.400 bits per heavy atom. The predicted molar refractivity (Wildman–Crippen MR) is 240 cm³/mol. The van der Waals surface area contributed by atoms with E-state index in [4.69, 9.17) is 0 Å². The Morgan fingerprint density at radius 3 is 0.945 bits per heavy atom. The van der Waals surface area contributed by atoms with Gasteiger partial charge in [0.15, 0.2) is 11.6 Å². The molecule has 0 saturated heterocycles. The van der Waals surface area contributed by atoms with Gasteiger partial charge in [-0.05, 0) is 110 Å². The second-order valence-corrected chi connectivity index (χ2v) is 14.9. The Morgan fingerprint density at radius 2 is 0.673 bits per heavy atom. The smallest absolute Gasteiger partial charge is 0.159 e. The summed E-state index contributed by atoms with van der Waals surface area (Å²) in [6.07, 6.45) is 38.7. The number of benzene rings is 2. The van der Waals surface area contributed by atoms with Gasteiger partial charge in [-0.15, -0.1) is 0 Å². The number of aryl methyl sites for hydroxylation is 2. The number of aliphatic imine (C=N–C) groups is 2. The first-order chi connectivity index (χ1) is 27.2. The van der Waals surface area contributed by atoms with E-state index in [0.29, 0.717) is 0 Å². The fraction of sp³-hybridized carbons (Fsp3) is 0.532. The van der Waals surface area contributed by atoms with Crippen LogP contribution in [-0.4, -0.2) is 30.3 Å². The molecule has 2 heterocycles. The average Bonchev–Trinajstić information content (AvgIpc) is 3.22. The normalized spacial score (nSPS) is 10.6. The van der Waals surface area contributed by atoms with Gasteiger partial charge < -0.3 is 0 Å². The third kappa shape index (κ3) is 20.6. The molecule has 0 bridgehead atoms. The molecule has 0 fully saturated rings. The lowest BCUT2D eigenvalue weighted by Gasteiger charge is -2.04. The number of hydrogen-bond donors (Lipinski definition) is 0. The summed E-state index contributed by atoms with van der Waals surface area (Å²) in [7, 11) is 0. The van der Waals surface area contributed by atoms with Crippen LogP contribution in [0.2, 0.25) is 0 Å². The first-order valence-electron chi connectivity index (χ1n) is 21.1. The second-order valence-electron chi connectivity index (χ2n) is 14.5. The molecule has 0 amide bonds. The van der Waals surface area contributed by atoms with E-state index in [0.717, 1.165) is 47.0 Å². The first-order valence-corrected chi connectivity index (χ1v) is 22.0. The van der Waals surface area contributed by atoms with E-state index in [1.165, 1.54) is 146 Å². The van der Waals surface area contributed by atoms with Gasteiger partial charge >= 0.3 is 0 Å². The van der Waals surface area contributed by atoms with Crippen molar-refractivity contribution in [1.82, 2.24) is 19.9 Å². The van der Waals surface area contributed by atoms with Gasteiger partial charge in [-0.25, -0.2) is 19.9 Å². The lowest BCUT2D eigenvalue weighted by molar-refractivity contribution is 0.549. The summed E-state index contributed by atoms with van der Waals surface area (Å²) in [5.74, 6) is 1.50. The van der Waals surface area contributed by atoms with Crippen molar-refractivity contribution in [2.45, 2.75) is 162 Å². The first kappa shape index (κ1) is 45.6. The van der Waals surface area contributed by atoms with E-state index >= 15 is 0 Å². The molecule has 2 aromatic heterocycles. The number of isothiocyanates is 2. The molecule has 4 aromatic rings. The molecule has 8 heteroatoms. The molecular formula is C47H64N6S2. The SMILES string of the molecule is CCCCCCCCCCCCCc1cnc(-c2ccc(N=C=S)cc2)nc1.CCCCCCCCCCCCc1cnc(-c2ccc(N=C=S)cc2)nc1. The van der Waals surface area contributed by atoms with Gasteiger partial charge in [0.25, 0.3) is 0 Å². The Kier molecular flexibility index (Phi) is 25.2. The summed E-state index contributed by atoms with van der Waals surface area (Å²) in [6, 6.07) is 15.4. The van der Waals surface area contributed by atoms with Crippen molar-refractivity contribution in [2.75, 3.05) is 0 Å². The number of rotatable bonds is 27. The van der Waals surface area contributed by atoms with Gasteiger partial charge in [0.2, 0.25) is 0 Å². The van der Waals surface area contributed by atoms with Crippen LogP contribution in [-0.2, 0) is 12.8 Å². The minimum atomic E-state index is 0.750. The molecular weight excluding hydrogens is 713 g/mol. The molecule has 0 saturated carbocycles. The molecule has 6 nitrogen and oxygen atoms in total. The lowest BCUT2D eigenvalue weighted by atomic mass is 10.0. The van der Waals surface area contributed by atoms with Gasteiger partial charge in [0.05, 0.1) is 21.7 Å². The van der Waals surface area contributed by atoms with Gasteiger partial charge in [-0.1, -0.05) is 136 Å². The van der Waals surface area contributed by atoms with Gasteiger partial charge in [0.1, 0.15) is 0 Å². The fourth-order valence-corrected chi connectivity index (χ4v) is 6.76. The summed E-state index contributed by atoms with van der Waals surface area (Å²) in [6.45, 7) is 4.55. The second kappa shape index (κ2) is 30.4. The minimum Gasteiger partial charge on any atom is -0.236 e. The molecule has 0 radical (unpaired) electrons. The molecule has 2 aromatic carbocycles. The molecule has 0 aliphatic carbocycles. The number of nitrogens with zero attached hydrogens (tertiary/aromatic N) is 6. The van der Waals surface area contributed by atoms with E-state index in [1.54, 1.807) is 0 Å². The Balaban J connectivity index is 0.000000296. The standard InChI is InChI=1S/C24H33N3S.C23H31N3S/c1-2-3-4-5-6-7-8-9-10-11-12-13-21-18-25-24(26-19-21)22-14-16-23(17-15-22)27-20-28;1-2-3-4-5-6-7-8-9-10-11-12-20-17-24-23(25-18-20)21-13-15-22(16-14-21)26-19-27/h14-19H,2-13H2,1H3;13-18H,2-12H2,1H3. The molecule has 55 heavy (non-hydrogen) atoms. The maximum atomic E-state index is 4.62. The van der Waals surface area contributed by atoms with Crippen LogP contribution < -0.4 is 0 Å². The van der Waals surface area contributed by atoms with Crippen LogP contribution in [0.5, 0.6) is 0 Å². The van der Waals surface area contributed by atoms with Crippen LogP contribution in [0.3, 0.4) is 0 Å². The molecule has 0 unspecified atom stereocenters. The highest BCUT2D eigenvalue weighted by molar-refractivity contribution is 7.78. The highest BCUT2D eigenvalue weighted by Crippen LogP contribution is 2.21. The van der Waals surface area contributed by atoms with Crippen LogP contribution in [0.25, 0.3) is 22.8 Å². The monoisotopic (exact) mass is 776 g/mol. The summed E-state index contributed by atoms with van der Waals surface area (Å²) < 4.78 is 0. The molecule has 4 rings (SSSR count). The van der Waals surface area contributed by atoms with E-state index in [2.05, 4.69) is 78.5 Å². The van der Waals surface area contributed by atoms with Gasteiger partial charge in [-0.2, -0.15) is 9.98 Å². The lowest BCUT2D eigenvalue weighted by Crippen LogP contribution is -1.93. The van der Waals surface area contributed by atoms with E-state index in [9.17, 15) is 0 Å². The van der Waals surface area contributed by atoms with Crippen molar-refractivity contribution in [2.24, 2.45) is 9.98 Å². The fourth-order valence-electron chi connectivity index (χ4n) is 6.55. The number of thiocarbonyl (C=S) groups is 2. The summed E-state index contributed by atoms with van der Waals surface area (Å²) in [5.41, 5.74) is 6.02. The quantitative estimate of drug-likeness (QED) is 0.0341. The molecule has 0 aliphatic rings. The largest absolute Gasteiger partial charge is 0.236 e. The van der Waals surface area contributed by atoms with E-state index in [1.807, 2.05) is 73.3 Å². The van der Waals surface area contributed by atoms with E-state index in [-0.39, 0.29) is 0 Å². The minimum absolute atomic E-state index is 0.750. The third-order valence-corrected chi connectivity index (χ3v) is 10.1. The van der Waals surface area contributed by atoms with Crippen LogP contribution >= 0.6 is 24.4 Å². The highest BCUT2D eigenvalue weighted by Gasteiger charge is 2.04. The van der Waals surface area contributed by atoms with Crippen molar-refractivity contribution < 1.29 is 0 Å². The molecule has 0 aliphatic heterocycles. The third-order valence-electron chi connectivity index (χ3n) is 9.90. The number of hydrogen-bond acceptors (Lipinski definition) is 8. The maximum Gasteiger partial charge on any atom is 0.159 e. The van der Waals surface area contributed by atoms with Crippen LogP contribution in [0.4, 0.5) is 11.4 Å². The van der Waals surface area contributed by atoms with Crippen molar-refractivity contribution in [3.8, 4) is 22.8 Å². The summed E-state index contributed by atoms with van der Waals surface area (Å²) in [4.78, 5) is 26.0. The van der Waals surface area contributed by atoms with Crippen molar-refractivity contribution in [3.05, 3.63) is 84.4 Å². The van der Waals surface area contributed by atoms with Crippen LogP contribution in [0.15, 0.2) is 83.3 Å². The molecule has 0 N–H and O–H groups in total. The average molecular weight is 777 g/mol. The van der Waals surface area contributed by atoms with Gasteiger partial charge in [-0.3, -0.25) is 0 Å². The van der Waals surface area contributed by atoms with Gasteiger partial charge in [0, 0.05) is 35.9 Å². The maximum absolute atomic E-state index is 4.62.